The molecule has 0 aliphatic heterocycles. The first-order valence-electron chi connectivity index (χ1n) is 10.1. The van der Waals surface area contributed by atoms with E-state index in [-0.39, 0.29) is 5.92 Å². The average Bonchev–Trinajstić information content (AvgIpc) is 3.12. The van der Waals surface area contributed by atoms with Crippen LogP contribution < -0.4 is 5.32 Å². The van der Waals surface area contributed by atoms with Gasteiger partial charge in [0.2, 0.25) is 0 Å². The molecule has 2 atom stereocenters. The maximum absolute atomic E-state index is 4.24. The minimum atomic E-state index is 0.277. The number of aromatic nitrogens is 1. The van der Waals surface area contributed by atoms with Crippen molar-refractivity contribution in [3.8, 4) is 0 Å². The van der Waals surface area contributed by atoms with E-state index in [1.54, 1.807) is 17.5 Å². The van der Waals surface area contributed by atoms with Crippen molar-refractivity contribution in [3.63, 3.8) is 0 Å². The Morgan fingerprint density at radius 1 is 1.04 bits per heavy atom. The number of hydrogen-bond acceptors (Lipinski definition) is 3. The minimum absolute atomic E-state index is 0.277. The highest BCUT2D eigenvalue weighted by atomic mass is 32.1. The summed E-state index contributed by atoms with van der Waals surface area (Å²) in [6.45, 7) is 8.69. The lowest BCUT2D eigenvalue weighted by Gasteiger charge is -2.17. The van der Waals surface area contributed by atoms with Gasteiger partial charge in [0, 0.05) is 23.2 Å². The third-order valence-electron chi connectivity index (χ3n) is 5.76. The van der Waals surface area contributed by atoms with Gasteiger partial charge in [0.15, 0.2) is 5.13 Å². The standard InChI is InChI=1S/C18H22N2S.C5H10/c1-12(14(3)20-18-19-10-11-21-18)15-4-6-16(7-5-15)13(2)17-8-9-17;1-2-4-5-3-1/h4-7,10-13,17H,3,8-9H2,1-2H3,(H,19,20);1-5H2. The normalized spacial score (nSPS) is 18.5. The van der Waals surface area contributed by atoms with Crippen LogP contribution in [0, 0.1) is 5.92 Å². The van der Waals surface area contributed by atoms with Gasteiger partial charge in [-0.3, -0.25) is 0 Å². The first-order valence-corrected chi connectivity index (χ1v) is 11.0. The maximum atomic E-state index is 4.24. The highest BCUT2D eigenvalue weighted by Crippen LogP contribution is 2.42. The van der Waals surface area contributed by atoms with Crippen LogP contribution in [0.2, 0.25) is 0 Å². The largest absolute Gasteiger partial charge is 0.335 e. The first kappa shape index (κ1) is 19.2. The van der Waals surface area contributed by atoms with E-state index in [2.05, 4.69) is 55.0 Å². The molecule has 2 unspecified atom stereocenters. The Kier molecular flexibility index (Phi) is 6.90. The summed E-state index contributed by atoms with van der Waals surface area (Å²) in [5.41, 5.74) is 3.76. The monoisotopic (exact) mass is 368 g/mol. The molecule has 4 rings (SSSR count). The van der Waals surface area contributed by atoms with Gasteiger partial charge in [-0.2, -0.15) is 0 Å². The molecular weight excluding hydrogens is 336 g/mol. The molecule has 0 bridgehead atoms. The van der Waals surface area contributed by atoms with E-state index in [0.717, 1.165) is 16.7 Å². The summed E-state index contributed by atoms with van der Waals surface area (Å²) in [5.74, 6) is 1.89. The second-order valence-corrected chi connectivity index (χ2v) is 8.66. The van der Waals surface area contributed by atoms with Crippen molar-refractivity contribution < 1.29 is 0 Å². The summed E-state index contributed by atoms with van der Waals surface area (Å²) >= 11 is 1.60. The molecule has 140 valence electrons. The zero-order valence-corrected chi connectivity index (χ0v) is 17.0. The Morgan fingerprint density at radius 3 is 2.12 bits per heavy atom. The van der Waals surface area contributed by atoms with Crippen LogP contribution in [0.5, 0.6) is 0 Å². The van der Waals surface area contributed by atoms with Gasteiger partial charge in [-0.15, -0.1) is 11.3 Å². The highest BCUT2D eigenvalue weighted by molar-refractivity contribution is 7.13. The van der Waals surface area contributed by atoms with Gasteiger partial charge >= 0.3 is 0 Å². The molecule has 2 saturated carbocycles. The maximum Gasteiger partial charge on any atom is 0.186 e. The van der Waals surface area contributed by atoms with Gasteiger partial charge in [0.1, 0.15) is 0 Å². The molecule has 26 heavy (non-hydrogen) atoms. The number of hydrogen-bond donors (Lipinski definition) is 1. The van der Waals surface area contributed by atoms with E-state index in [1.165, 1.54) is 56.1 Å². The molecule has 1 N–H and O–H groups in total. The predicted octanol–water partition coefficient (Wildman–Crippen LogP) is 7.34. The van der Waals surface area contributed by atoms with Crippen molar-refractivity contribution in [3.05, 3.63) is 59.2 Å². The van der Waals surface area contributed by atoms with Crippen molar-refractivity contribution in [2.75, 3.05) is 5.32 Å². The van der Waals surface area contributed by atoms with Crippen LogP contribution in [-0.4, -0.2) is 4.98 Å². The Labute approximate surface area is 162 Å². The molecule has 2 aliphatic rings. The number of anilines is 1. The molecule has 3 heteroatoms. The van der Waals surface area contributed by atoms with Gasteiger partial charge in [-0.05, 0) is 35.8 Å². The highest BCUT2D eigenvalue weighted by Gasteiger charge is 2.28. The summed E-state index contributed by atoms with van der Waals surface area (Å²) in [4.78, 5) is 4.24. The summed E-state index contributed by atoms with van der Waals surface area (Å²) in [6.07, 6.45) is 12.1. The predicted molar refractivity (Wildman–Crippen MR) is 114 cm³/mol. The van der Waals surface area contributed by atoms with Crippen LogP contribution in [0.1, 0.15) is 81.8 Å². The topological polar surface area (TPSA) is 24.9 Å². The smallest absolute Gasteiger partial charge is 0.186 e. The molecule has 1 aromatic carbocycles. The Bertz CT molecular complexity index is 659. The van der Waals surface area contributed by atoms with Crippen molar-refractivity contribution in [2.45, 2.75) is 70.6 Å². The van der Waals surface area contributed by atoms with Crippen LogP contribution in [0.4, 0.5) is 5.13 Å². The van der Waals surface area contributed by atoms with Gasteiger partial charge in [0.25, 0.3) is 0 Å². The minimum Gasteiger partial charge on any atom is -0.335 e. The number of thiazole rings is 1. The van der Waals surface area contributed by atoms with Crippen LogP contribution in [-0.2, 0) is 0 Å². The lowest BCUT2D eigenvalue weighted by molar-refractivity contribution is 0.663. The van der Waals surface area contributed by atoms with Gasteiger partial charge < -0.3 is 5.32 Å². The molecule has 2 nitrogen and oxygen atoms in total. The number of nitrogens with zero attached hydrogens (tertiary/aromatic N) is 1. The van der Waals surface area contributed by atoms with Crippen LogP contribution in [0.15, 0.2) is 48.1 Å². The van der Waals surface area contributed by atoms with Crippen molar-refractivity contribution in [1.29, 1.82) is 0 Å². The lowest BCUT2D eigenvalue weighted by Crippen LogP contribution is -2.06. The lowest BCUT2D eigenvalue weighted by atomic mass is 9.92. The summed E-state index contributed by atoms with van der Waals surface area (Å²) in [5, 5.41) is 6.17. The van der Waals surface area contributed by atoms with Gasteiger partial charge in [0.05, 0.1) is 0 Å². The van der Waals surface area contributed by atoms with E-state index in [1.807, 2.05) is 5.38 Å². The number of nitrogens with one attached hydrogen (secondary N) is 1. The SMILES string of the molecule is C1CCCC1.C=C(Nc1nccs1)C(C)c1ccc(C(C)C2CC2)cc1. The van der Waals surface area contributed by atoms with Crippen LogP contribution in [0.3, 0.4) is 0 Å². The van der Waals surface area contributed by atoms with Crippen molar-refractivity contribution in [1.82, 2.24) is 4.98 Å². The van der Waals surface area contributed by atoms with Gasteiger partial charge in [-0.1, -0.05) is 76.8 Å². The third kappa shape index (κ3) is 5.44. The first-order chi connectivity index (χ1) is 12.6. The zero-order valence-electron chi connectivity index (χ0n) is 16.2. The van der Waals surface area contributed by atoms with E-state index >= 15 is 0 Å². The fraction of sp³-hybridized carbons (Fsp3) is 0.522. The van der Waals surface area contributed by atoms with E-state index < -0.39 is 0 Å². The molecule has 0 radical (unpaired) electrons. The summed E-state index contributed by atoms with van der Waals surface area (Å²) < 4.78 is 0. The molecule has 1 aromatic heterocycles. The van der Waals surface area contributed by atoms with E-state index in [0.29, 0.717) is 5.92 Å². The Hall–Kier alpha value is -1.61. The third-order valence-corrected chi connectivity index (χ3v) is 6.45. The molecule has 1 heterocycles. The van der Waals surface area contributed by atoms with Gasteiger partial charge in [-0.25, -0.2) is 4.98 Å². The zero-order chi connectivity index (χ0) is 18.4. The molecule has 2 aromatic rings. The number of rotatable bonds is 6. The fourth-order valence-corrected chi connectivity index (χ4v) is 4.13. The Balaban J connectivity index is 0.000000339. The average molecular weight is 369 g/mol. The van der Waals surface area contributed by atoms with Crippen molar-refractivity contribution >= 4 is 16.5 Å². The van der Waals surface area contributed by atoms with Crippen LogP contribution in [0.25, 0.3) is 0 Å². The number of allylic oxidation sites excluding steroid dienone is 1. The van der Waals surface area contributed by atoms with E-state index in [4.69, 9.17) is 0 Å². The Morgan fingerprint density at radius 2 is 1.62 bits per heavy atom. The summed E-state index contributed by atoms with van der Waals surface area (Å²) in [7, 11) is 0. The quantitative estimate of drug-likeness (QED) is 0.577. The molecule has 0 saturated heterocycles. The molecule has 2 aliphatic carbocycles. The summed E-state index contributed by atoms with van der Waals surface area (Å²) in [6, 6.07) is 9.05. The fourth-order valence-electron chi connectivity index (χ4n) is 3.57. The van der Waals surface area contributed by atoms with Crippen molar-refractivity contribution in [2.24, 2.45) is 5.92 Å². The molecule has 0 amide bonds. The molecule has 0 spiro atoms. The second kappa shape index (κ2) is 9.36. The second-order valence-electron chi connectivity index (χ2n) is 7.77. The molecule has 2 fully saturated rings. The van der Waals surface area contributed by atoms with E-state index in [9.17, 15) is 0 Å². The van der Waals surface area contributed by atoms with Crippen LogP contribution >= 0.6 is 11.3 Å². The number of benzene rings is 1. The molecular formula is C23H32N2S.